The monoisotopic (exact) mass is 201 g/mol. The molecule has 0 amide bonds. The maximum atomic E-state index is 3.57. The maximum Gasteiger partial charge on any atom is 0.00925 e. The molecule has 0 saturated carbocycles. The third-order valence-electron chi connectivity index (χ3n) is 2.53. The maximum absolute atomic E-state index is 3.57. The molecule has 0 aromatic rings. The second-order valence-electron chi connectivity index (χ2n) is 3.47. The van der Waals surface area contributed by atoms with E-state index in [2.05, 4.69) is 19.2 Å². The van der Waals surface area contributed by atoms with Gasteiger partial charge in [-0.3, -0.25) is 0 Å². The normalized spacial score (nSPS) is 25.3. The predicted octanol–water partition coefficient (Wildman–Crippen LogP) is 4.23. The summed E-state index contributed by atoms with van der Waals surface area (Å²) in [6.07, 6.45) is 5.49. The third-order valence-corrected chi connectivity index (χ3v) is 2.53. The van der Waals surface area contributed by atoms with Gasteiger partial charge in [-0.25, -0.2) is 0 Å². The molecule has 1 rings (SSSR count). The molecule has 1 aliphatic heterocycles. The van der Waals surface area contributed by atoms with Gasteiger partial charge in [-0.2, -0.15) is 0 Å². The van der Waals surface area contributed by atoms with Crippen LogP contribution in [-0.2, 0) is 0 Å². The van der Waals surface area contributed by atoms with E-state index in [4.69, 9.17) is 0 Å². The summed E-state index contributed by atoms with van der Waals surface area (Å²) in [5.74, 6) is 0.911. The van der Waals surface area contributed by atoms with Crippen molar-refractivity contribution in [2.75, 3.05) is 6.54 Å². The van der Waals surface area contributed by atoms with Crippen molar-refractivity contribution in [1.29, 1.82) is 0 Å². The highest BCUT2D eigenvalue weighted by molar-refractivity contribution is 4.77. The topological polar surface area (TPSA) is 12.0 Å². The van der Waals surface area contributed by atoms with Gasteiger partial charge in [-0.1, -0.05) is 48.0 Å². The molecular weight excluding hydrogens is 170 g/mol. The van der Waals surface area contributed by atoms with Gasteiger partial charge in [0, 0.05) is 6.04 Å². The highest BCUT2D eigenvalue weighted by atomic mass is 14.9. The predicted molar refractivity (Wildman–Crippen MR) is 67.8 cm³/mol. The Kier molecular flexibility index (Phi) is 15.2. The lowest BCUT2D eigenvalue weighted by atomic mass is 9.90. The minimum Gasteiger partial charge on any atom is -0.314 e. The van der Waals surface area contributed by atoms with Crippen LogP contribution in [0.3, 0.4) is 0 Å². The van der Waals surface area contributed by atoms with E-state index in [0.717, 1.165) is 12.0 Å². The van der Waals surface area contributed by atoms with Gasteiger partial charge in [0.05, 0.1) is 0 Å². The Morgan fingerprint density at radius 1 is 1.14 bits per heavy atom. The first kappa shape index (κ1) is 16.4. The van der Waals surface area contributed by atoms with Crippen molar-refractivity contribution in [3.05, 3.63) is 0 Å². The molecule has 1 heteroatoms. The summed E-state index contributed by atoms with van der Waals surface area (Å²) < 4.78 is 0. The SMILES string of the molecule is CC.CC.CCCC1NCCCC1C. The fourth-order valence-electron chi connectivity index (χ4n) is 1.81. The molecule has 0 aliphatic carbocycles. The van der Waals surface area contributed by atoms with E-state index in [1.807, 2.05) is 27.7 Å². The van der Waals surface area contributed by atoms with Crippen LogP contribution in [0.15, 0.2) is 0 Å². The Labute approximate surface area is 91.7 Å². The van der Waals surface area contributed by atoms with Gasteiger partial charge >= 0.3 is 0 Å². The van der Waals surface area contributed by atoms with Crippen molar-refractivity contribution in [3.63, 3.8) is 0 Å². The largest absolute Gasteiger partial charge is 0.314 e. The first-order valence-corrected chi connectivity index (χ1v) is 6.58. The van der Waals surface area contributed by atoms with Crippen LogP contribution in [-0.4, -0.2) is 12.6 Å². The van der Waals surface area contributed by atoms with Gasteiger partial charge in [0.25, 0.3) is 0 Å². The molecule has 2 atom stereocenters. The Hall–Kier alpha value is -0.0400. The molecule has 0 bridgehead atoms. The number of hydrogen-bond acceptors (Lipinski definition) is 1. The average Bonchev–Trinajstić information content (AvgIpc) is 2.28. The van der Waals surface area contributed by atoms with Crippen molar-refractivity contribution in [1.82, 2.24) is 5.32 Å². The van der Waals surface area contributed by atoms with Crippen LogP contribution in [0.25, 0.3) is 0 Å². The van der Waals surface area contributed by atoms with Gasteiger partial charge in [-0.15, -0.1) is 0 Å². The van der Waals surface area contributed by atoms with E-state index in [9.17, 15) is 0 Å². The average molecular weight is 201 g/mol. The minimum atomic E-state index is 0.818. The van der Waals surface area contributed by atoms with Crippen LogP contribution < -0.4 is 5.32 Å². The molecule has 1 saturated heterocycles. The van der Waals surface area contributed by atoms with E-state index in [1.165, 1.54) is 32.2 Å². The van der Waals surface area contributed by atoms with Gasteiger partial charge in [-0.05, 0) is 31.7 Å². The second kappa shape index (κ2) is 13.0. The quantitative estimate of drug-likeness (QED) is 0.705. The molecule has 0 aromatic heterocycles. The van der Waals surface area contributed by atoms with Crippen molar-refractivity contribution in [3.8, 4) is 0 Å². The number of nitrogens with one attached hydrogen (secondary N) is 1. The molecule has 0 spiro atoms. The van der Waals surface area contributed by atoms with E-state index in [-0.39, 0.29) is 0 Å². The lowest BCUT2D eigenvalue weighted by Crippen LogP contribution is -2.39. The van der Waals surface area contributed by atoms with Gasteiger partial charge in [0.1, 0.15) is 0 Å². The Morgan fingerprint density at radius 3 is 2.14 bits per heavy atom. The summed E-state index contributed by atoms with van der Waals surface area (Å²) in [7, 11) is 0. The Balaban J connectivity index is 0. The number of piperidine rings is 1. The lowest BCUT2D eigenvalue weighted by molar-refractivity contribution is 0.285. The fraction of sp³-hybridized carbons (Fsp3) is 1.00. The summed E-state index contributed by atoms with van der Waals surface area (Å²) in [6.45, 7) is 13.9. The lowest BCUT2D eigenvalue weighted by Gasteiger charge is -2.29. The number of hydrogen-bond donors (Lipinski definition) is 1. The molecule has 0 aromatic carbocycles. The molecule has 1 aliphatic rings. The van der Waals surface area contributed by atoms with Crippen molar-refractivity contribution in [2.24, 2.45) is 5.92 Å². The summed E-state index contributed by atoms with van der Waals surface area (Å²) >= 11 is 0. The molecule has 2 unspecified atom stereocenters. The summed E-state index contributed by atoms with van der Waals surface area (Å²) in [5.41, 5.74) is 0. The van der Waals surface area contributed by atoms with E-state index in [0.29, 0.717) is 0 Å². The van der Waals surface area contributed by atoms with Crippen LogP contribution in [0.1, 0.15) is 67.2 Å². The summed E-state index contributed by atoms with van der Waals surface area (Å²) in [4.78, 5) is 0. The summed E-state index contributed by atoms with van der Waals surface area (Å²) in [5, 5.41) is 3.57. The first-order valence-electron chi connectivity index (χ1n) is 6.58. The van der Waals surface area contributed by atoms with Crippen LogP contribution in [0.4, 0.5) is 0 Å². The third kappa shape index (κ3) is 7.37. The minimum absolute atomic E-state index is 0.818. The van der Waals surface area contributed by atoms with Crippen LogP contribution in [0, 0.1) is 5.92 Å². The van der Waals surface area contributed by atoms with E-state index in [1.54, 1.807) is 0 Å². The van der Waals surface area contributed by atoms with Crippen LogP contribution >= 0.6 is 0 Å². The molecule has 0 radical (unpaired) electrons. The zero-order valence-electron chi connectivity index (χ0n) is 11.2. The van der Waals surface area contributed by atoms with Crippen LogP contribution in [0.5, 0.6) is 0 Å². The molecule has 1 nitrogen and oxygen atoms in total. The van der Waals surface area contributed by atoms with Gasteiger partial charge in [0.15, 0.2) is 0 Å². The zero-order valence-corrected chi connectivity index (χ0v) is 11.2. The highest BCUT2D eigenvalue weighted by Crippen LogP contribution is 2.18. The number of rotatable bonds is 2. The van der Waals surface area contributed by atoms with E-state index < -0.39 is 0 Å². The first-order chi connectivity index (χ1) is 6.84. The van der Waals surface area contributed by atoms with Crippen molar-refractivity contribution in [2.45, 2.75) is 73.3 Å². The molecule has 1 fully saturated rings. The molecule has 1 N–H and O–H groups in total. The summed E-state index contributed by atoms with van der Waals surface area (Å²) in [6, 6.07) is 0.818. The molecule has 1 heterocycles. The fourth-order valence-corrected chi connectivity index (χ4v) is 1.81. The molecular formula is C13H31N. The molecule has 88 valence electrons. The Bertz CT molecular complexity index is 89.2. The van der Waals surface area contributed by atoms with Crippen molar-refractivity contribution >= 4 is 0 Å². The highest BCUT2D eigenvalue weighted by Gasteiger charge is 2.18. The standard InChI is InChI=1S/C9H19N.2C2H6/c1-3-5-9-8(2)6-4-7-10-9;2*1-2/h8-10H,3-7H2,1-2H3;2*1-2H3. The second-order valence-corrected chi connectivity index (χ2v) is 3.47. The van der Waals surface area contributed by atoms with Gasteiger partial charge < -0.3 is 5.32 Å². The van der Waals surface area contributed by atoms with E-state index >= 15 is 0 Å². The smallest absolute Gasteiger partial charge is 0.00925 e. The zero-order chi connectivity index (χ0) is 11.4. The Morgan fingerprint density at radius 2 is 1.71 bits per heavy atom. The van der Waals surface area contributed by atoms with Crippen LogP contribution in [0.2, 0.25) is 0 Å². The van der Waals surface area contributed by atoms with Gasteiger partial charge in [0.2, 0.25) is 0 Å². The van der Waals surface area contributed by atoms with Crippen molar-refractivity contribution < 1.29 is 0 Å². The molecule has 14 heavy (non-hydrogen) atoms.